The summed E-state index contributed by atoms with van der Waals surface area (Å²) in [6.45, 7) is 4.04. The predicted molar refractivity (Wildman–Crippen MR) is 125 cm³/mol. The van der Waals surface area contributed by atoms with Crippen molar-refractivity contribution < 1.29 is 0 Å². The minimum absolute atomic E-state index is 0.0887. The van der Waals surface area contributed by atoms with Crippen LogP contribution in [0.5, 0.6) is 0 Å². The molecule has 3 aromatic rings. The van der Waals surface area contributed by atoms with E-state index in [1.54, 1.807) is 33.6 Å². The summed E-state index contributed by atoms with van der Waals surface area (Å²) < 4.78 is 1.76. The van der Waals surface area contributed by atoms with Crippen LogP contribution in [0.25, 0.3) is 10.2 Å². The van der Waals surface area contributed by atoms with E-state index in [4.69, 9.17) is 4.98 Å². The molecule has 2 unspecified atom stereocenters. The molecule has 5 nitrogen and oxygen atoms in total. The number of hydrogen-bond acceptors (Lipinski definition) is 6. The molecule has 2 atom stereocenters. The van der Waals surface area contributed by atoms with Gasteiger partial charge in [-0.2, -0.15) is 0 Å². The maximum atomic E-state index is 13.4. The van der Waals surface area contributed by atoms with Crippen LogP contribution in [-0.4, -0.2) is 26.6 Å². The summed E-state index contributed by atoms with van der Waals surface area (Å²) >= 11 is 3.35. The molecule has 1 N–H and O–H groups in total. The molecule has 0 aliphatic heterocycles. The number of aromatic nitrogens is 3. The average Bonchev–Trinajstić information content (AvgIpc) is 3.23. The molecule has 1 saturated carbocycles. The summed E-state index contributed by atoms with van der Waals surface area (Å²) in [6.07, 6.45) is 13.0. The lowest BCUT2D eigenvalue weighted by molar-refractivity contribution is 0.369. The quantitative estimate of drug-likeness (QED) is 0.578. The second-order valence-electron chi connectivity index (χ2n) is 8.90. The molecule has 5 rings (SSSR count). The van der Waals surface area contributed by atoms with Crippen molar-refractivity contribution in [2.75, 3.05) is 0 Å². The number of nitrogens with one attached hydrogen (secondary N) is 1. The van der Waals surface area contributed by atoms with E-state index in [-0.39, 0.29) is 11.6 Å². The van der Waals surface area contributed by atoms with E-state index < -0.39 is 0 Å². The van der Waals surface area contributed by atoms with Gasteiger partial charge >= 0.3 is 0 Å². The zero-order chi connectivity index (χ0) is 20.7. The van der Waals surface area contributed by atoms with Crippen LogP contribution in [0.2, 0.25) is 0 Å². The van der Waals surface area contributed by atoms with E-state index in [1.807, 2.05) is 19.2 Å². The number of aryl methyl sites for hydroxylation is 2. The van der Waals surface area contributed by atoms with Gasteiger partial charge in [0.25, 0.3) is 5.56 Å². The zero-order valence-corrected chi connectivity index (χ0v) is 19.5. The van der Waals surface area contributed by atoms with Crippen molar-refractivity contribution in [2.45, 2.75) is 89.8 Å². The molecule has 2 aliphatic rings. The molecule has 0 radical (unpaired) electrons. The van der Waals surface area contributed by atoms with Crippen molar-refractivity contribution in [1.29, 1.82) is 0 Å². The van der Waals surface area contributed by atoms with Gasteiger partial charge in [-0.25, -0.2) is 9.97 Å². The molecular formula is C23H30N4OS2. The fourth-order valence-electron chi connectivity index (χ4n) is 5.09. The molecular weight excluding hydrogens is 412 g/mol. The normalized spacial score (nSPS) is 21.5. The molecule has 0 aromatic carbocycles. The molecule has 0 spiro atoms. The standard InChI is InChI=1S/C23H30N4OS2/c1-14(19-12-29-15(2)25-19)27-13-24-22-21(23(27)28)18-10-9-17(11-20(18)30-22)26-16-7-5-3-4-6-8-16/h12-14,16-17,26H,3-11H2,1-2H3. The molecule has 0 bridgehead atoms. The first-order valence-electron chi connectivity index (χ1n) is 11.3. The Morgan fingerprint density at radius 2 is 1.97 bits per heavy atom. The summed E-state index contributed by atoms with van der Waals surface area (Å²) in [7, 11) is 0. The Labute approximate surface area is 185 Å². The third-order valence-electron chi connectivity index (χ3n) is 6.80. The Morgan fingerprint density at radius 3 is 2.70 bits per heavy atom. The smallest absolute Gasteiger partial charge is 0.262 e. The van der Waals surface area contributed by atoms with Crippen LogP contribution in [0.15, 0.2) is 16.5 Å². The number of hydrogen-bond donors (Lipinski definition) is 1. The Morgan fingerprint density at radius 1 is 1.17 bits per heavy atom. The lowest BCUT2D eigenvalue weighted by Gasteiger charge is -2.28. The van der Waals surface area contributed by atoms with E-state index in [9.17, 15) is 4.79 Å². The molecule has 2 aliphatic carbocycles. The van der Waals surface area contributed by atoms with Crippen molar-refractivity contribution in [3.63, 3.8) is 0 Å². The third-order valence-corrected chi connectivity index (χ3v) is 8.76. The molecule has 1 fully saturated rings. The molecule has 160 valence electrons. The largest absolute Gasteiger partial charge is 0.311 e. The highest BCUT2D eigenvalue weighted by Gasteiger charge is 2.27. The van der Waals surface area contributed by atoms with Crippen LogP contribution in [-0.2, 0) is 12.8 Å². The van der Waals surface area contributed by atoms with Crippen LogP contribution in [0, 0.1) is 6.92 Å². The topological polar surface area (TPSA) is 59.8 Å². The number of thiophene rings is 1. The molecule has 30 heavy (non-hydrogen) atoms. The van der Waals surface area contributed by atoms with Gasteiger partial charge in [0.2, 0.25) is 0 Å². The Bertz CT molecular complexity index is 1090. The van der Waals surface area contributed by atoms with E-state index >= 15 is 0 Å². The molecule has 7 heteroatoms. The van der Waals surface area contributed by atoms with Gasteiger partial charge in [-0.1, -0.05) is 25.7 Å². The number of thiazole rings is 1. The van der Waals surface area contributed by atoms with E-state index in [1.165, 1.54) is 49.0 Å². The van der Waals surface area contributed by atoms with Crippen LogP contribution in [0.1, 0.15) is 79.1 Å². The third kappa shape index (κ3) is 3.87. The molecule has 3 heterocycles. The first kappa shape index (κ1) is 20.3. The second-order valence-corrected chi connectivity index (χ2v) is 11.0. The first-order valence-corrected chi connectivity index (χ1v) is 13.0. The first-order chi connectivity index (χ1) is 14.6. The maximum Gasteiger partial charge on any atom is 0.262 e. The summed E-state index contributed by atoms with van der Waals surface area (Å²) in [5.41, 5.74) is 2.28. The van der Waals surface area contributed by atoms with Crippen LogP contribution in [0.3, 0.4) is 0 Å². The van der Waals surface area contributed by atoms with Crippen molar-refractivity contribution in [3.05, 3.63) is 43.2 Å². The van der Waals surface area contributed by atoms with Gasteiger partial charge < -0.3 is 5.32 Å². The van der Waals surface area contributed by atoms with Crippen molar-refractivity contribution >= 4 is 32.9 Å². The van der Waals surface area contributed by atoms with Crippen LogP contribution >= 0.6 is 22.7 Å². The predicted octanol–water partition coefficient (Wildman–Crippen LogP) is 5.00. The fourth-order valence-corrected chi connectivity index (χ4v) is 7.05. The maximum absolute atomic E-state index is 13.4. The van der Waals surface area contributed by atoms with Crippen molar-refractivity contribution in [1.82, 2.24) is 19.9 Å². The average molecular weight is 443 g/mol. The summed E-state index contributed by atoms with van der Waals surface area (Å²) in [5, 5.41) is 7.87. The number of rotatable bonds is 4. The zero-order valence-electron chi connectivity index (χ0n) is 17.8. The van der Waals surface area contributed by atoms with Gasteiger partial charge in [-0.15, -0.1) is 22.7 Å². The highest BCUT2D eigenvalue weighted by atomic mass is 32.1. The highest BCUT2D eigenvalue weighted by molar-refractivity contribution is 7.18. The van der Waals surface area contributed by atoms with E-state index in [2.05, 4.69) is 10.3 Å². The van der Waals surface area contributed by atoms with Crippen LogP contribution in [0.4, 0.5) is 0 Å². The Hall–Kier alpha value is -1.57. The van der Waals surface area contributed by atoms with Gasteiger partial charge in [-0.05, 0) is 51.5 Å². The Balaban J connectivity index is 1.41. The lowest BCUT2D eigenvalue weighted by Crippen LogP contribution is -2.41. The van der Waals surface area contributed by atoms with Crippen molar-refractivity contribution in [3.8, 4) is 0 Å². The summed E-state index contributed by atoms with van der Waals surface area (Å²) in [6, 6.07) is 1.11. The fraction of sp³-hybridized carbons (Fsp3) is 0.609. The minimum atomic E-state index is -0.0943. The molecule has 0 amide bonds. The van der Waals surface area contributed by atoms with Crippen LogP contribution < -0.4 is 10.9 Å². The van der Waals surface area contributed by atoms with E-state index in [0.29, 0.717) is 12.1 Å². The monoisotopic (exact) mass is 442 g/mol. The second kappa shape index (κ2) is 8.52. The van der Waals surface area contributed by atoms with Gasteiger partial charge in [-0.3, -0.25) is 9.36 Å². The Kier molecular flexibility index (Phi) is 5.77. The molecule has 3 aromatic heterocycles. The van der Waals surface area contributed by atoms with Gasteiger partial charge in [0, 0.05) is 22.3 Å². The minimum Gasteiger partial charge on any atom is -0.311 e. The summed E-state index contributed by atoms with van der Waals surface area (Å²) in [5.74, 6) is 0. The highest BCUT2D eigenvalue weighted by Crippen LogP contribution is 2.34. The van der Waals surface area contributed by atoms with Crippen molar-refractivity contribution in [2.24, 2.45) is 0 Å². The lowest BCUT2D eigenvalue weighted by atomic mass is 9.92. The number of nitrogens with zero attached hydrogens (tertiary/aromatic N) is 3. The van der Waals surface area contributed by atoms with Gasteiger partial charge in [0.15, 0.2) is 0 Å². The van der Waals surface area contributed by atoms with Gasteiger partial charge in [0.05, 0.1) is 28.5 Å². The molecule has 0 saturated heterocycles. The SMILES string of the molecule is Cc1nc(C(C)n2cnc3sc4c(c3c2=O)CCC(NC2CCCCCC2)C4)cs1. The number of fused-ring (bicyclic) bond motifs is 3. The van der Waals surface area contributed by atoms with Gasteiger partial charge in [0.1, 0.15) is 4.83 Å². The van der Waals surface area contributed by atoms with E-state index in [0.717, 1.165) is 40.2 Å². The summed E-state index contributed by atoms with van der Waals surface area (Å²) in [4.78, 5) is 24.9.